The van der Waals surface area contributed by atoms with Crippen LogP contribution in [0.2, 0.25) is 0 Å². The summed E-state index contributed by atoms with van der Waals surface area (Å²) in [5, 5.41) is 8.17. The van der Waals surface area contributed by atoms with Crippen LogP contribution in [0, 0.1) is 0 Å². The Labute approximate surface area is 307 Å². The van der Waals surface area contributed by atoms with Gasteiger partial charge in [-0.2, -0.15) is 0 Å². The van der Waals surface area contributed by atoms with Crippen LogP contribution >= 0.6 is 0 Å². The average molecular weight is 678 g/mol. The molecule has 3 nitrogen and oxygen atoms in total. The van der Waals surface area contributed by atoms with Crippen molar-refractivity contribution in [3.05, 3.63) is 175 Å². The Morgan fingerprint density at radius 1 is 0.509 bits per heavy atom. The number of hydrogen-bond acceptors (Lipinski definition) is 2. The maximum atomic E-state index is 5.55. The van der Waals surface area contributed by atoms with Crippen molar-refractivity contribution in [2.24, 2.45) is 0 Å². The van der Waals surface area contributed by atoms with Gasteiger partial charge in [0, 0.05) is 32.7 Å². The van der Waals surface area contributed by atoms with Crippen LogP contribution in [0.25, 0.3) is 93.7 Å². The first kappa shape index (κ1) is 30.1. The second-order valence-corrected chi connectivity index (χ2v) is 15.1. The molecule has 53 heavy (non-hydrogen) atoms. The van der Waals surface area contributed by atoms with Crippen molar-refractivity contribution in [2.45, 2.75) is 25.7 Å². The first-order chi connectivity index (χ1) is 26.0. The van der Waals surface area contributed by atoms with E-state index in [2.05, 4.69) is 182 Å². The Hall–Kier alpha value is -6.58. The van der Waals surface area contributed by atoms with Crippen molar-refractivity contribution < 1.29 is 0 Å². The molecule has 11 rings (SSSR count). The molecule has 0 atom stereocenters. The van der Waals surface area contributed by atoms with Gasteiger partial charge in [-0.25, -0.2) is 9.97 Å². The highest BCUT2D eigenvalue weighted by atomic mass is 15.2. The van der Waals surface area contributed by atoms with E-state index in [9.17, 15) is 0 Å². The van der Waals surface area contributed by atoms with Gasteiger partial charge in [0.1, 0.15) is 0 Å². The van der Waals surface area contributed by atoms with Gasteiger partial charge in [-0.3, -0.25) is 4.57 Å². The van der Waals surface area contributed by atoms with Crippen molar-refractivity contribution in [1.29, 1.82) is 0 Å². The number of nitrogens with zero attached hydrogens (tertiary/aromatic N) is 3. The van der Waals surface area contributed by atoms with Crippen molar-refractivity contribution in [2.75, 3.05) is 0 Å². The fourth-order valence-electron chi connectivity index (χ4n) is 9.15. The van der Waals surface area contributed by atoms with Crippen LogP contribution in [-0.2, 0) is 11.8 Å². The topological polar surface area (TPSA) is 30.7 Å². The summed E-state index contributed by atoms with van der Waals surface area (Å²) < 4.78 is 2.35. The lowest BCUT2D eigenvalue weighted by atomic mass is 9.68. The smallest absolute Gasteiger partial charge is 0.235 e. The minimum absolute atomic E-state index is 0.0103. The molecule has 0 amide bonds. The Morgan fingerprint density at radius 3 is 2.04 bits per heavy atom. The summed E-state index contributed by atoms with van der Waals surface area (Å²) in [6, 6.07) is 59.4. The number of benzene rings is 8. The summed E-state index contributed by atoms with van der Waals surface area (Å²) in [5.74, 6) is 0.668. The number of rotatable bonds is 3. The predicted octanol–water partition coefficient (Wildman–Crippen LogP) is 12.9. The van der Waals surface area contributed by atoms with Crippen LogP contribution in [0.1, 0.15) is 25.0 Å². The normalized spacial score (nSPS) is 13.5. The van der Waals surface area contributed by atoms with Crippen molar-refractivity contribution >= 4 is 54.3 Å². The van der Waals surface area contributed by atoms with E-state index in [4.69, 9.17) is 9.97 Å². The van der Waals surface area contributed by atoms with Gasteiger partial charge in [-0.15, -0.1) is 0 Å². The fraction of sp³-hybridized carbons (Fsp3) is 0.0800. The predicted molar refractivity (Wildman–Crippen MR) is 222 cm³/mol. The third-order valence-electron chi connectivity index (χ3n) is 11.5. The van der Waals surface area contributed by atoms with E-state index in [1.165, 1.54) is 54.9 Å². The summed E-state index contributed by atoms with van der Waals surface area (Å²) in [6.07, 6.45) is 1.01. The molecule has 0 saturated carbocycles. The van der Waals surface area contributed by atoms with Crippen LogP contribution in [0.15, 0.2) is 164 Å². The van der Waals surface area contributed by atoms with Gasteiger partial charge in [-0.1, -0.05) is 166 Å². The highest BCUT2D eigenvalue weighted by molar-refractivity contribution is 6.24. The van der Waals surface area contributed by atoms with Crippen LogP contribution in [0.4, 0.5) is 0 Å². The zero-order chi connectivity index (χ0) is 35.3. The monoisotopic (exact) mass is 677 g/mol. The lowest BCUT2D eigenvalue weighted by Crippen LogP contribution is -2.25. The van der Waals surface area contributed by atoms with Gasteiger partial charge in [-0.05, 0) is 67.9 Å². The maximum Gasteiger partial charge on any atom is 0.235 e. The van der Waals surface area contributed by atoms with Crippen LogP contribution in [0.3, 0.4) is 0 Å². The first-order valence-corrected chi connectivity index (χ1v) is 18.5. The molecule has 0 unspecified atom stereocenters. The Morgan fingerprint density at radius 2 is 1.17 bits per heavy atom. The number of fused-ring (bicyclic) bond motifs is 11. The molecule has 0 spiro atoms. The average Bonchev–Trinajstić information content (AvgIpc) is 3.55. The Kier molecular flexibility index (Phi) is 6.36. The van der Waals surface area contributed by atoms with E-state index in [0.29, 0.717) is 5.95 Å². The molecule has 250 valence electrons. The standard InChI is InChI=1S/C50H35N3/c1-50(2)30-34-18-8-10-20-36(34)44-38(22-13-25-42(44)50)39-23-12-24-40-45-35-19-9-6-14-31(35)27-29-43(45)53(48(39)40)49-51-46(33-16-4-3-5-17-33)41-28-26-32-15-7-11-21-37(32)47(41)52-49/h3-29H,30H2,1-2H3. The molecule has 2 heterocycles. The van der Waals surface area contributed by atoms with E-state index in [-0.39, 0.29) is 5.41 Å². The fourth-order valence-corrected chi connectivity index (χ4v) is 9.15. The number of hydrogen-bond donors (Lipinski definition) is 0. The van der Waals surface area contributed by atoms with Gasteiger partial charge < -0.3 is 0 Å². The highest BCUT2D eigenvalue weighted by Gasteiger charge is 2.33. The lowest BCUT2D eigenvalue weighted by molar-refractivity contribution is 0.517. The molecule has 0 aliphatic heterocycles. The first-order valence-electron chi connectivity index (χ1n) is 18.5. The van der Waals surface area contributed by atoms with Gasteiger partial charge in [0.2, 0.25) is 5.95 Å². The van der Waals surface area contributed by atoms with Gasteiger partial charge >= 0.3 is 0 Å². The second-order valence-electron chi connectivity index (χ2n) is 15.1. The molecule has 3 heteroatoms. The minimum atomic E-state index is -0.0103. The van der Waals surface area contributed by atoms with Crippen LogP contribution in [-0.4, -0.2) is 14.5 Å². The molecule has 1 aliphatic carbocycles. The Balaban J connectivity index is 1.33. The molecule has 10 aromatic rings. The molecule has 0 bridgehead atoms. The second kappa shape index (κ2) is 11.2. The van der Waals surface area contributed by atoms with Gasteiger partial charge in [0.15, 0.2) is 0 Å². The third-order valence-corrected chi connectivity index (χ3v) is 11.5. The van der Waals surface area contributed by atoms with E-state index in [0.717, 1.165) is 50.4 Å². The molecular formula is C50H35N3. The summed E-state index contributed by atoms with van der Waals surface area (Å²) in [4.78, 5) is 11.1. The number of aromatic nitrogens is 3. The van der Waals surface area contributed by atoms with Crippen molar-refractivity contribution in [3.8, 4) is 39.5 Å². The number of para-hydroxylation sites is 1. The summed E-state index contributed by atoms with van der Waals surface area (Å²) in [6.45, 7) is 4.77. The third kappa shape index (κ3) is 4.41. The van der Waals surface area contributed by atoms with Crippen LogP contribution in [0.5, 0.6) is 0 Å². The molecular weight excluding hydrogens is 643 g/mol. The quantitative estimate of drug-likeness (QED) is 0.174. The zero-order valence-corrected chi connectivity index (χ0v) is 29.6. The maximum absolute atomic E-state index is 5.55. The van der Waals surface area contributed by atoms with Gasteiger partial charge in [0.25, 0.3) is 0 Å². The van der Waals surface area contributed by atoms with E-state index in [1.807, 2.05) is 0 Å². The molecule has 2 aromatic heterocycles. The van der Waals surface area contributed by atoms with Crippen LogP contribution < -0.4 is 0 Å². The Bertz CT molecular complexity index is 3110. The van der Waals surface area contributed by atoms with Gasteiger partial charge in [0.05, 0.1) is 22.2 Å². The van der Waals surface area contributed by atoms with E-state index < -0.39 is 0 Å². The summed E-state index contributed by atoms with van der Waals surface area (Å²) in [7, 11) is 0. The molecule has 1 aliphatic rings. The van der Waals surface area contributed by atoms with Crippen molar-refractivity contribution in [3.63, 3.8) is 0 Å². The minimum Gasteiger partial charge on any atom is -0.277 e. The molecule has 0 fully saturated rings. The largest absolute Gasteiger partial charge is 0.277 e. The molecule has 0 saturated heterocycles. The van der Waals surface area contributed by atoms with Crippen molar-refractivity contribution in [1.82, 2.24) is 14.5 Å². The SMILES string of the molecule is CC1(C)Cc2ccccc2-c2c(-c3cccc4c5c6ccccc6ccc5n(-c5nc(-c6ccccc6)c6ccc7ccccc7c6n5)c34)cccc21. The molecule has 0 radical (unpaired) electrons. The molecule has 0 N–H and O–H groups in total. The highest BCUT2D eigenvalue weighted by Crippen LogP contribution is 2.50. The summed E-state index contributed by atoms with van der Waals surface area (Å²) >= 11 is 0. The van der Waals surface area contributed by atoms with E-state index in [1.54, 1.807) is 0 Å². The zero-order valence-electron chi connectivity index (χ0n) is 29.6. The lowest BCUT2D eigenvalue weighted by Gasteiger charge is -2.35. The van der Waals surface area contributed by atoms with E-state index >= 15 is 0 Å². The summed E-state index contributed by atoms with van der Waals surface area (Å²) in [5.41, 5.74) is 13.0. The molecule has 8 aromatic carbocycles.